The molecular weight excluding hydrogens is 316 g/mol. The number of benzene rings is 1. The second kappa shape index (κ2) is 6.64. The first-order chi connectivity index (χ1) is 12.3. The molecule has 0 N–H and O–H groups in total. The van der Waals surface area contributed by atoms with Gasteiger partial charge in [0.15, 0.2) is 0 Å². The topological polar surface area (TPSA) is 60.2 Å². The molecule has 0 fully saturated rings. The Balaban J connectivity index is 1.57. The lowest BCUT2D eigenvalue weighted by Crippen LogP contribution is -2.38. The summed E-state index contributed by atoms with van der Waals surface area (Å²) in [5, 5.41) is 0.979. The van der Waals surface area contributed by atoms with E-state index in [1.807, 2.05) is 48.5 Å². The average Bonchev–Trinajstić information content (AvgIpc) is 3.07. The summed E-state index contributed by atoms with van der Waals surface area (Å²) in [7, 11) is 0. The molecule has 0 saturated heterocycles. The number of aromatic nitrogens is 3. The van der Waals surface area contributed by atoms with Crippen molar-refractivity contribution < 1.29 is 9.53 Å². The van der Waals surface area contributed by atoms with Crippen LogP contribution in [0.25, 0.3) is 10.9 Å². The van der Waals surface area contributed by atoms with E-state index in [4.69, 9.17) is 4.74 Å². The molecule has 0 aliphatic carbocycles. The Hall–Kier alpha value is -2.73. The summed E-state index contributed by atoms with van der Waals surface area (Å²) in [4.78, 5) is 23.6. The van der Waals surface area contributed by atoms with Crippen molar-refractivity contribution in [1.29, 1.82) is 0 Å². The maximum absolute atomic E-state index is 12.9. The van der Waals surface area contributed by atoms with Gasteiger partial charge in [0.1, 0.15) is 0 Å². The highest BCUT2D eigenvalue weighted by Crippen LogP contribution is 2.20. The molecule has 2 aromatic heterocycles. The lowest BCUT2D eigenvalue weighted by Gasteiger charge is -2.29. The van der Waals surface area contributed by atoms with Crippen LogP contribution < -0.4 is 0 Å². The van der Waals surface area contributed by atoms with Gasteiger partial charge in [0.25, 0.3) is 5.91 Å². The fourth-order valence-corrected chi connectivity index (χ4v) is 3.18. The number of amides is 1. The molecule has 0 unspecified atom stereocenters. The second-order valence-corrected chi connectivity index (χ2v) is 6.11. The number of fused-ring (bicyclic) bond motifs is 2. The molecular formula is C19H20N4O2. The fourth-order valence-electron chi connectivity index (χ4n) is 3.18. The SMILES string of the molecule is CCOCc1ncn2c1CN(C(=O)c1cnc3ccccc3c1)CC2. The van der Waals surface area contributed by atoms with E-state index >= 15 is 0 Å². The number of ether oxygens (including phenoxy) is 1. The normalized spacial score (nSPS) is 13.9. The fraction of sp³-hybridized carbons (Fsp3) is 0.316. The smallest absolute Gasteiger partial charge is 0.255 e. The Morgan fingerprint density at radius 1 is 1.24 bits per heavy atom. The molecule has 4 rings (SSSR count). The molecule has 0 atom stereocenters. The third-order valence-electron chi connectivity index (χ3n) is 4.55. The molecule has 0 spiro atoms. The van der Waals surface area contributed by atoms with E-state index in [1.54, 1.807) is 6.20 Å². The molecule has 128 valence electrons. The van der Waals surface area contributed by atoms with Crippen molar-refractivity contribution in [2.75, 3.05) is 13.2 Å². The first-order valence-corrected chi connectivity index (χ1v) is 8.51. The first-order valence-electron chi connectivity index (χ1n) is 8.51. The van der Waals surface area contributed by atoms with Crippen molar-refractivity contribution in [3.8, 4) is 0 Å². The maximum atomic E-state index is 12.9. The molecule has 6 heteroatoms. The molecule has 3 heterocycles. The van der Waals surface area contributed by atoms with E-state index in [9.17, 15) is 4.79 Å². The zero-order chi connectivity index (χ0) is 17.2. The van der Waals surface area contributed by atoms with E-state index < -0.39 is 0 Å². The maximum Gasteiger partial charge on any atom is 0.255 e. The Morgan fingerprint density at radius 3 is 3.00 bits per heavy atom. The molecule has 1 aromatic carbocycles. The van der Waals surface area contributed by atoms with Gasteiger partial charge in [0.2, 0.25) is 0 Å². The van der Waals surface area contributed by atoms with Crippen LogP contribution in [0.4, 0.5) is 0 Å². The molecule has 1 aliphatic heterocycles. The predicted molar refractivity (Wildman–Crippen MR) is 94.0 cm³/mol. The summed E-state index contributed by atoms with van der Waals surface area (Å²) >= 11 is 0. The van der Waals surface area contributed by atoms with Crippen LogP contribution in [0.2, 0.25) is 0 Å². The summed E-state index contributed by atoms with van der Waals surface area (Å²) in [6.45, 7) is 5.07. The Labute approximate surface area is 146 Å². The van der Waals surface area contributed by atoms with Crippen molar-refractivity contribution in [3.05, 3.63) is 59.8 Å². The molecule has 0 saturated carbocycles. The molecule has 0 bridgehead atoms. The average molecular weight is 336 g/mol. The van der Waals surface area contributed by atoms with E-state index in [1.165, 1.54) is 0 Å². The number of rotatable bonds is 4. The van der Waals surface area contributed by atoms with E-state index in [-0.39, 0.29) is 5.91 Å². The Morgan fingerprint density at radius 2 is 2.12 bits per heavy atom. The van der Waals surface area contributed by atoms with E-state index in [0.29, 0.717) is 31.9 Å². The van der Waals surface area contributed by atoms with Gasteiger partial charge in [-0.2, -0.15) is 0 Å². The summed E-state index contributed by atoms with van der Waals surface area (Å²) < 4.78 is 7.59. The van der Waals surface area contributed by atoms with Crippen LogP contribution in [0.15, 0.2) is 42.9 Å². The van der Waals surface area contributed by atoms with Gasteiger partial charge in [-0.3, -0.25) is 9.78 Å². The number of hydrogen-bond donors (Lipinski definition) is 0. The van der Waals surface area contributed by atoms with Crippen molar-refractivity contribution in [2.45, 2.75) is 26.6 Å². The summed E-state index contributed by atoms with van der Waals surface area (Å²) in [6, 6.07) is 9.74. The highest BCUT2D eigenvalue weighted by Gasteiger charge is 2.25. The van der Waals surface area contributed by atoms with Crippen LogP contribution in [-0.4, -0.2) is 38.5 Å². The minimum absolute atomic E-state index is 0.00747. The highest BCUT2D eigenvalue weighted by atomic mass is 16.5. The van der Waals surface area contributed by atoms with E-state index in [0.717, 1.165) is 28.8 Å². The molecule has 1 aliphatic rings. The van der Waals surface area contributed by atoms with Crippen LogP contribution in [0.5, 0.6) is 0 Å². The molecule has 6 nitrogen and oxygen atoms in total. The van der Waals surface area contributed by atoms with Gasteiger partial charge < -0.3 is 14.2 Å². The van der Waals surface area contributed by atoms with Gasteiger partial charge in [0, 0.05) is 31.3 Å². The molecule has 0 radical (unpaired) electrons. The van der Waals surface area contributed by atoms with Crippen molar-refractivity contribution >= 4 is 16.8 Å². The lowest BCUT2D eigenvalue weighted by molar-refractivity contribution is 0.0706. The summed E-state index contributed by atoms with van der Waals surface area (Å²) in [6.07, 6.45) is 3.50. The number of pyridine rings is 1. The number of imidazole rings is 1. The van der Waals surface area contributed by atoms with Crippen LogP contribution in [0.3, 0.4) is 0 Å². The molecule has 25 heavy (non-hydrogen) atoms. The summed E-state index contributed by atoms with van der Waals surface area (Å²) in [5.41, 5.74) is 3.49. The van der Waals surface area contributed by atoms with Gasteiger partial charge in [-0.15, -0.1) is 0 Å². The largest absolute Gasteiger partial charge is 0.375 e. The van der Waals surface area contributed by atoms with Gasteiger partial charge in [-0.25, -0.2) is 4.98 Å². The second-order valence-electron chi connectivity index (χ2n) is 6.11. The zero-order valence-electron chi connectivity index (χ0n) is 14.2. The number of para-hydroxylation sites is 1. The predicted octanol–water partition coefficient (Wildman–Crippen LogP) is 2.62. The third-order valence-corrected chi connectivity index (χ3v) is 4.55. The van der Waals surface area contributed by atoms with Crippen molar-refractivity contribution in [2.24, 2.45) is 0 Å². The number of nitrogens with zero attached hydrogens (tertiary/aromatic N) is 4. The van der Waals surface area contributed by atoms with Gasteiger partial charge in [-0.1, -0.05) is 18.2 Å². The van der Waals surface area contributed by atoms with E-state index in [2.05, 4.69) is 14.5 Å². The third kappa shape index (κ3) is 3.00. The molecule has 3 aromatic rings. The van der Waals surface area contributed by atoms with Gasteiger partial charge >= 0.3 is 0 Å². The van der Waals surface area contributed by atoms with Crippen molar-refractivity contribution in [3.63, 3.8) is 0 Å². The Kier molecular flexibility index (Phi) is 4.19. The summed E-state index contributed by atoms with van der Waals surface area (Å²) in [5.74, 6) is 0.00747. The number of carbonyl (C=O) groups is 1. The minimum Gasteiger partial charge on any atom is -0.375 e. The first kappa shape index (κ1) is 15.8. The van der Waals surface area contributed by atoms with Gasteiger partial charge in [-0.05, 0) is 19.1 Å². The quantitative estimate of drug-likeness (QED) is 0.735. The van der Waals surface area contributed by atoms with Crippen LogP contribution in [0, 0.1) is 0 Å². The standard InChI is InChI=1S/C19H20N4O2/c1-2-25-12-17-18-11-22(7-8-23(18)13-21-17)19(24)15-9-14-5-3-4-6-16(14)20-10-15/h3-6,9-10,13H,2,7-8,11-12H2,1H3. The highest BCUT2D eigenvalue weighted by molar-refractivity contribution is 5.97. The van der Waals surface area contributed by atoms with Crippen molar-refractivity contribution in [1.82, 2.24) is 19.4 Å². The number of hydrogen-bond acceptors (Lipinski definition) is 4. The zero-order valence-corrected chi connectivity index (χ0v) is 14.2. The molecule has 1 amide bonds. The Bertz CT molecular complexity index is 919. The van der Waals surface area contributed by atoms with Crippen LogP contribution in [0.1, 0.15) is 28.7 Å². The monoisotopic (exact) mass is 336 g/mol. The minimum atomic E-state index is 0.00747. The van der Waals surface area contributed by atoms with Crippen LogP contribution >= 0.6 is 0 Å². The van der Waals surface area contributed by atoms with Gasteiger partial charge in [0.05, 0.1) is 41.9 Å². The lowest BCUT2D eigenvalue weighted by atomic mass is 10.1. The number of carbonyl (C=O) groups excluding carboxylic acids is 1. The van der Waals surface area contributed by atoms with Crippen LogP contribution in [-0.2, 0) is 24.4 Å².